The smallest absolute Gasteiger partial charge is 0.231 e. The van der Waals surface area contributed by atoms with Crippen molar-refractivity contribution in [3.05, 3.63) is 0 Å². The van der Waals surface area contributed by atoms with Crippen LogP contribution in [0.5, 0.6) is 0 Å². The third-order valence-electron chi connectivity index (χ3n) is 2.06. The molecule has 1 aliphatic carbocycles. The van der Waals surface area contributed by atoms with Crippen molar-refractivity contribution in [3.8, 4) is 0 Å². The number of carbonyl (C=O) groups excluding carboxylic acids is 1. The third kappa shape index (κ3) is 5.77. The Kier molecular flexibility index (Phi) is 5.71. The molecule has 0 aromatic rings. The molecule has 0 unspecified atom stereocenters. The van der Waals surface area contributed by atoms with E-state index in [9.17, 15) is 0 Å². The van der Waals surface area contributed by atoms with Crippen LogP contribution >= 0.6 is 0 Å². The molecule has 1 aliphatic rings. The van der Waals surface area contributed by atoms with Crippen molar-refractivity contribution in [1.29, 1.82) is 5.41 Å². The van der Waals surface area contributed by atoms with Crippen LogP contribution in [0.2, 0.25) is 0 Å². The molecule has 1 rings (SSSR count). The van der Waals surface area contributed by atoms with E-state index < -0.39 is 0 Å². The first-order valence-electron chi connectivity index (χ1n) is 4.00. The van der Waals surface area contributed by atoms with Gasteiger partial charge in [0.1, 0.15) is 0 Å². The second-order valence-electron chi connectivity index (χ2n) is 3.12. The van der Waals surface area contributed by atoms with Gasteiger partial charge in [0.05, 0.1) is 0 Å². The molecule has 0 aromatic carbocycles. The zero-order valence-electron chi connectivity index (χ0n) is 6.97. The third-order valence-corrected chi connectivity index (χ3v) is 2.06. The lowest BCUT2D eigenvalue weighted by molar-refractivity contribution is 0.348. The van der Waals surface area contributed by atoms with Gasteiger partial charge in [-0.1, -0.05) is 6.92 Å². The zero-order chi connectivity index (χ0) is 8.69. The number of nitrogens with two attached hydrogens (primary N) is 1. The maximum Gasteiger partial charge on any atom is 0.231 e. The molecule has 0 amide bonds. The molecule has 0 spiro atoms. The second-order valence-corrected chi connectivity index (χ2v) is 3.12. The van der Waals surface area contributed by atoms with Gasteiger partial charge in [-0.2, -0.15) is 0 Å². The second kappa shape index (κ2) is 6.08. The Labute approximate surface area is 67.5 Å². The maximum atomic E-state index is 8.35. The van der Waals surface area contributed by atoms with E-state index in [1.54, 1.807) is 0 Å². The number of nitrogens with one attached hydrogen (secondary N) is 1. The Morgan fingerprint density at radius 2 is 1.73 bits per heavy atom. The molecule has 3 nitrogen and oxygen atoms in total. The van der Waals surface area contributed by atoms with Crippen LogP contribution in [0.1, 0.15) is 32.6 Å². The summed E-state index contributed by atoms with van der Waals surface area (Å²) in [4.78, 5) is 8.35. The predicted octanol–water partition coefficient (Wildman–Crippen LogP) is 1.42. The summed E-state index contributed by atoms with van der Waals surface area (Å²) in [7, 11) is 0. The SMILES string of the molecule is CC1CCC(N)CC1.N=C=O. The van der Waals surface area contributed by atoms with Gasteiger partial charge in [-0.15, -0.1) is 0 Å². The van der Waals surface area contributed by atoms with Crippen LogP contribution in [0.25, 0.3) is 0 Å². The highest BCUT2D eigenvalue weighted by atomic mass is 16.1. The predicted molar refractivity (Wildman–Crippen MR) is 44.0 cm³/mol. The summed E-state index contributed by atoms with van der Waals surface area (Å²) >= 11 is 0. The highest BCUT2D eigenvalue weighted by molar-refractivity contribution is 5.26. The minimum absolute atomic E-state index is 0.520. The molecule has 0 atom stereocenters. The monoisotopic (exact) mass is 156 g/mol. The summed E-state index contributed by atoms with van der Waals surface area (Å²) in [6.45, 7) is 2.31. The first-order valence-corrected chi connectivity index (χ1v) is 4.00. The number of hydrogen-bond acceptors (Lipinski definition) is 3. The molecule has 0 aliphatic heterocycles. The van der Waals surface area contributed by atoms with Gasteiger partial charge in [0, 0.05) is 6.04 Å². The number of hydrogen-bond donors (Lipinski definition) is 2. The van der Waals surface area contributed by atoms with Gasteiger partial charge in [-0.25, -0.2) is 10.2 Å². The van der Waals surface area contributed by atoms with E-state index in [-0.39, 0.29) is 0 Å². The minimum atomic E-state index is 0.520. The van der Waals surface area contributed by atoms with Gasteiger partial charge in [0.15, 0.2) is 0 Å². The van der Waals surface area contributed by atoms with Crippen LogP contribution in [-0.2, 0) is 4.79 Å². The molecular weight excluding hydrogens is 140 g/mol. The highest BCUT2D eigenvalue weighted by Gasteiger charge is 2.13. The Morgan fingerprint density at radius 3 is 2.00 bits per heavy atom. The maximum absolute atomic E-state index is 8.35. The first kappa shape index (κ1) is 10.3. The summed E-state index contributed by atoms with van der Waals surface area (Å²) < 4.78 is 0. The van der Waals surface area contributed by atoms with E-state index in [4.69, 9.17) is 15.9 Å². The van der Waals surface area contributed by atoms with Crippen LogP contribution in [-0.4, -0.2) is 12.1 Å². The molecule has 3 heteroatoms. The fraction of sp³-hybridized carbons (Fsp3) is 0.875. The molecule has 0 bridgehead atoms. The van der Waals surface area contributed by atoms with Gasteiger partial charge in [-0.05, 0) is 31.6 Å². The van der Waals surface area contributed by atoms with E-state index in [2.05, 4.69) is 6.92 Å². The number of isocyanates is 1. The van der Waals surface area contributed by atoms with Crippen molar-refractivity contribution >= 4 is 6.08 Å². The minimum Gasteiger partial charge on any atom is -0.328 e. The first-order chi connectivity index (χ1) is 5.20. The average molecular weight is 156 g/mol. The lowest BCUT2D eigenvalue weighted by Gasteiger charge is -2.22. The standard InChI is InChI=1S/C7H15N.CHNO/c1-6-2-4-7(8)5-3-6;2-1-3/h6-7H,2-5,8H2,1H3;2H. The van der Waals surface area contributed by atoms with Gasteiger partial charge >= 0.3 is 0 Å². The lowest BCUT2D eigenvalue weighted by atomic mass is 9.88. The van der Waals surface area contributed by atoms with Crippen molar-refractivity contribution in [1.82, 2.24) is 0 Å². The largest absolute Gasteiger partial charge is 0.328 e. The molecule has 1 fully saturated rings. The van der Waals surface area contributed by atoms with E-state index >= 15 is 0 Å². The summed E-state index contributed by atoms with van der Waals surface area (Å²) in [5.41, 5.74) is 5.70. The quantitative estimate of drug-likeness (QED) is 0.411. The van der Waals surface area contributed by atoms with E-state index in [1.807, 2.05) is 0 Å². The summed E-state index contributed by atoms with van der Waals surface area (Å²) in [6.07, 6.45) is 5.95. The molecule has 64 valence electrons. The van der Waals surface area contributed by atoms with Crippen LogP contribution in [0.3, 0.4) is 0 Å². The Hall–Kier alpha value is -0.660. The molecular formula is C8H16N2O. The van der Waals surface area contributed by atoms with Crippen LogP contribution < -0.4 is 5.73 Å². The van der Waals surface area contributed by atoms with E-state index in [0.717, 1.165) is 12.0 Å². The highest BCUT2D eigenvalue weighted by Crippen LogP contribution is 2.21. The van der Waals surface area contributed by atoms with Gasteiger partial charge in [0.2, 0.25) is 6.08 Å². The van der Waals surface area contributed by atoms with Gasteiger partial charge < -0.3 is 5.73 Å². The Bertz CT molecular complexity index is 112. The summed E-state index contributed by atoms with van der Waals surface area (Å²) in [5.74, 6) is 0.940. The fourth-order valence-corrected chi connectivity index (χ4v) is 1.29. The fourth-order valence-electron chi connectivity index (χ4n) is 1.29. The molecule has 0 saturated heterocycles. The molecule has 1 saturated carbocycles. The topological polar surface area (TPSA) is 66.9 Å². The molecule has 0 radical (unpaired) electrons. The van der Waals surface area contributed by atoms with Crippen LogP contribution in [0.4, 0.5) is 0 Å². The Balaban J connectivity index is 0.000000292. The van der Waals surface area contributed by atoms with E-state index in [1.165, 1.54) is 25.7 Å². The molecule has 0 heterocycles. The van der Waals surface area contributed by atoms with Crippen molar-refractivity contribution in [2.75, 3.05) is 0 Å². The zero-order valence-corrected chi connectivity index (χ0v) is 6.97. The normalized spacial score (nSPS) is 29.6. The van der Waals surface area contributed by atoms with Gasteiger partial charge in [0.25, 0.3) is 0 Å². The van der Waals surface area contributed by atoms with Crippen molar-refractivity contribution in [3.63, 3.8) is 0 Å². The number of rotatable bonds is 0. The van der Waals surface area contributed by atoms with Crippen molar-refractivity contribution in [2.24, 2.45) is 11.7 Å². The lowest BCUT2D eigenvalue weighted by Crippen LogP contribution is -2.25. The average Bonchev–Trinajstić information content (AvgIpc) is 1.97. The van der Waals surface area contributed by atoms with Crippen LogP contribution in [0, 0.1) is 11.3 Å². The Morgan fingerprint density at radius 1 is 1.36 bits per heavy atom. The van der Waals surface area contributed by atoms with Crippen LogP contribution in [0.15, 0.2) is 0 Å². The summed E-state index contributed by atoms with van der Waals surface area (Å²) in [6, 6.07) is 0.520. The van der Waals surface area contributed by atoms with E-state index in [0.29, 0.717) is 6.04 Å². The molecule has 0 aromatic heterocycles. The van der Waals surface area contributed by atoms with Gasteiger partial charge in [-0.3, -0.25) is 0 Å². The summed E-state index contributed by atoms with van der Waals surface area (Å²) in [5, 5.41) is 5.40. The molecule has 11 heavy (non-hydrogen) atoms. The molecule has 3 N–H and O–H groups in total. The van der Waals surface area contributed by atoms with Crippen molar-refractivity contribution in [2.45, 2.75) is 38.6 Å². The van der Waals surface area contributed by atoms with Crippen molar-refractivity contribution < 1.29 is 4.79 Å².